The summed E-state index contributed by atoms with van der Waals surface area (Å²) in [5.74, 6) is -0.194. The molecule has 1 amide bonds. The van der Waals surface area contributed by atoms with Gasteiger partial charge < -0.3 is 0 Å². The van der Waals surface area contributed by atoms with Gasteiger partial charge in [0, 0.05) is 18.7 Å². The molecule has 2 aromatic rings. The quantitative estimate of drug-likeness (QED) is 0.650. The molecular formula is C14H14N2O2. The van der Waals surface area contributed by atoms with Crippen molar-refractivity contribution in [2.75, 3.05) is 5.06 Å². The highest BCUT2D eigenvalue weighted by Gasteiger charge is 2.13. The van der Waals surface area contributed by atoms with Gasteiger partial charge in [-0.15, -0.1) is 0 Å². The van der Waals surface area contributed by atoms with Crippen molar-refractivity contribution >= 4 is 11.7 Å². The van der Waals surface area contributed by atoms with E-state index >= 15 is 0 Å². The first-order chi connectivity index (χ1) is 8.59. The zero-order valence-electron chi connectivity index (χ0n) is 10.3. The van der Waals surface area contributed by atoms with E-state index in [2.05, 4.69) is 4.98 Å². The number of aromatic nitrogens is 1. The Hall–Kier alpha value is -2.20. The van der Waals surface area contributed by atoms with Crippen molar-refractivity contribution in [2.24, 2.45) is 0 Å². The van der Waals surface area contributed by atoms with Crippen LogP contribution < -0.4 is 5.06 Å². The number of hydrogen-bond acceptors (Lipinski definition) is 3. The van der Waals surface area contributed by atoms with Crippen LogP contribution in [0.2, 0.25) is 0 Å². The second kappa shape index (κ2) is 4.98. The molecule has 0 bridgehead atoms. The maximum absolute atomic E-state index is 11.1. The molecule has 92 valence electrons. The van der Waals surface area contributed by atoms with Crippen molar-refractivity contribution in [3.05, 3.63) is 48.2 Å². The lowest BCUT2D eigenvalue weighted by atomic mass is 10.1. The van der Waals surface area contributed by atoms with Gasteiger partial charge in [-0.05, 0) is 24.1 Å². The average molecular weight is 242 g/mol. The third-order valence-electron chi connectivity index (χ3n) is 2.66. The number of amides is 1. The van der Waals surface area contributed by atoms with Gasteiger partial charge in [0.15, 0.2) is 5.82 Å². The van der Waals surface area contributed by atoms with Gasteiger partial charge in [0.1, 0.15) is 0 Å². The van der Waals surface area contributed by atoms with Gasteiger partial charge in [-0.25, -0.2) is 4.98 Å². The predicted octanol–water partition coefficient (Wildman–Crippen LogP) is 2.80. The first-order valence-corrected chi connectivity index (χ1v) is 5.61. The van der Waals surface area contributed by atoms with E-state index < -0.39 is 5.91 Å². The molecule has 0 fully saturated rings. The SMILES string of the molecule is CC(=O)N(O)c1ncc(-c2ccccc2)cc1C. The van der Waals surface area contributed by atoms with Crippen molar-refractivity contribution < 1.29 is 10.0 Å². The highest BCUT2D eigenvalue weighted by molar-refractivity contribution is 5.88. The van der Waals surface area contributed by atoms with Gasteiger partial charge in [-0.3, -0.25) is 10.0 Å². The number of nitrogens with zero attached hydrogens (tertiary/aromatic N) is 2. The van der Waals surface area contributed by atoms with E-state index in [4.69, 9.17) is 0 Å². The molecule has 1 heterocycles. The summed E-state index contributed by atoms with van der Waals surface area (Å²) >= 11 is 0. The smallest absolute Gasteiger partial charge is 0.249 e. The Kier molecular flexibility index (Phi) is 3.39. The summed E-state index contributed by atoms with van der Waals surface area (Å²) in [5.41, 5.74) is 2.75. The lowest BCUT2D eigenvalue weighted by Crippen LogP contribution is -2.25. The summed E-state index contributed by atoms with van der Waals surface area (Å²) in [6.07, 6.45) is 1.64. The van der Waals surface area contributed by atoms with E-state index in [1.807, 2.05) is 36.4 Å². The monoisotopic (exact) mass is 242 g/mol. The zero-order chi connectivity index (χ0) is 13.1. The minimum atomic E-state index is -0.460. The molecule has 0 atom stereocenters. The normalized spacial score (nSPS) is 10.2. The highest BCUT2D eigenvalue weighted by Crippen LogP contribution is 2.23. The summed E-state index contributed by atoms with van der Waals surface area (Å²) in [5, 5.41) is 10.1. The van der Waals surface area contributed by atoms with E-state index in [0.717, 1.165) is 16.7 Å². The molecule has 1 N–H and O–H groups in total. The minimum Gasteiger partial charge on any atom is -0.280 e. The van der Waals surface area contributed by atoms with E-state index in [1.54, 1.807) is 13.1 Å². The van der Waals surface area contributed by atoms with Crippen LogP contribution in [0.15, 0.2) is 42.6 Å². The molecule has 1 aromatic carbocycles. The van der Waals surface area contributed by atoms with E-state index in [9.17, 15) is 10.0 Å². The number of anilines is 1. The highest BCUT2D eigenvalue weighted by atomic mass is 16.5. The van der Waals surface area contributed by atoms with Gasteiger partial charge in [0.05, 0.1) is 0 Å². The summed E-state index contributed by atoms with van der Waals surface area (Å²) in [6.45, 7) is 3.09. The second-order valence-electron chi connectivity index (χ2n) is 4.06. The molecule has 18 heavy (non-hydrogen) atoms. The fourth-order valence-electron chi connectivity index (χ4n) is 1.73. The van der Waals surface area contributed by atoms with Crippen LogP contribution in [0.1, 0.15) is 12.5 Å². The molecule has 2 rings (SSSR count). The van der Waals surface area contributed by atoms with Gasteiger partial charge in [-0.1, -0.05) is 30.3 Å². The Balaban J connectivity index is 2.40. The number of benzene rings is 1. The maximum Gasteiger partial charge on any atom is 0.249 e. The molecule has 4 heteroatoms. The fraction of sp³-hybridized carbons (Fsp3) is 0.143. The molecule has 0 radical (unpaired) electrons. The molecule has 1 aromatic heterocycles. The number of rotatable bonds is 2. The maximum atomic E-state index is 11.1. The summed E-state index contributed by atoms with van der Waals surface area (Å²) in [6, 6.07) is 11.7. The lowest BCUT2D eigenvalue weighted by Gasteiger charge is -2.14. The lowest BCUT2D eigenvalue weighted by molar-refractivity contribution is -0.121. The van der Waals surface area contributed by atoms with Crippen LogP contribution in [-0.4, -0.2) is 16.1 Å². The molecule has 4 nitrogen and oxygen atoms in total. The molecule has 0 aliphatic rings. The van der Waals surface area contributed by atoms with E-state index in [-0.39, 0.29) is 5.82 Å². The largest absolute Gasteiger partial charge is 0.280 e. The standard InChI is InChI=1S/C14H14N2O2/c1-10-8-13(12-6-4-3-5-7-12)9-15-14(10)16(18)11(2)17/h3-9,18H,1-2H3. The first kappa shape index (κ1) is 12.3. The second-order valence-corrected chi connectivity index (χ2v) is 4.06. The van der Waals surface area contributed by atoms with E-state index in [0.29, 0.717) is 5.06 Å². The summed E-state index contributed by atoms with van der Waals surface area (Å²) in [7, 11) is 0. The van der Waals surface area contributed by atoms with Crippen LogP contribution >= 0.6 is 0 Å². The van der Waals surface area contributed by atoms with Crippen molar-refractivity contribution in [2.45, 2.75) is 13.8 Å². The average Bonchev–Trinajstić information content (AvgIpc) is 2.38. The first-order valence-electron chi connectivity index (χ1n) is 5.61. The summed E-state index contributed by atoms with van der Waals surface area (Å²) < 4.78 is 0. The Labute approximate surface area is 105 Å². The molecule has 0 saturated carbocycles. The van der Waals surface area contributed by atoms with Crippen molar-refractivity contribution in [1.29, 1.82) is 0 Å². The number of hydroxylamine groups is 1. The fourth-order valence-corrected chi connectivity index (χ4v) is 1.73. The van der Waals surface area contributed by atoms with Crippen LogP contribution in [0.25, 0.3) is 11.1 Å². The van der Waals surface area contributed by atoms with Crippen molar-refractivity contribution in [1.82, 2.24) is 4.98 Å². The van der Waals surface area contributed by atoms with Crippen LogP contribution in [0.5, 0.6) is 0 Å². The molecule has 0 spiro atoms. The Morgan fingerprint density at radius 1 is 1.22 bits per heavy atom. The van der Waals surface area contributed by atoms with Crippen LogP contribution in [0.4, 0.5) is 5.82 Å². The third-order valence-corrected chi connectivity index (χ3v) is 2.66. The van der Waals surface area contributed by atoms with Gasteiger partial charge >= 0.3 is 0 Å². The Morgan fingerprint density at radius 3 is 2.44 bits per heavy atom. The molecular weight excluding hydrogens is 228 g/mol. The number of aryl methyl sites for hydroxylation is 1. The number of hydrogen-bond donors (Lipinski definition) is 1. The predicted molar refractivity (Wildman–Crippen MR) is 69.4 cm³/mol. The molecule has 0 saturated heterocycles. The number of carbonyl (C=O) groups is 1. The van der Waals surface area contributed by atoms with Gasteiger partial charge in [0.2, 0.25) is 5.91 Å². The van der Waals surface area contributed by atoms with Crippen LogP contribution in [-0.2, 0) is 4.79 Å². The van der Waals surface area contributed by atoms with Gasteiger partial charge in [0.25, 0.3) is 0 Å². The molecule has 0 unspecified atom stereocenters. The molecule has 0 aliphatic carbocycles. The third kappa shape index (κ3) is 2.38. The number of carbonyl (C=O) groups excluding carboxylic acids is 1. The topological polar surface area (TPSA) is 53.4 Å². The van der Waals surface area contributed by atoms with Crippen LogP contribution in [0, 0.1) is 6.92 Å². The van der Waals surface area contributed by atoms with E-state index in [1.165, 1.54) is 6.92 Å². The van der Waals surface area contributed by atoms with Crippen molar-refractivity contribution in [3.8, 4) is 11.1 Å². The van der Waals surface area contributed by atoms with Gasteiger partial charge in [-0.2, -0.15) is 5.06 Å². The molecule has 0 aliphatic heterocycles. The van der Waals surface area contributed by atoms with Crippen LogP contribution in [0.3, 0.4) is 0 Å². The summed E-state index contributed by atoms with van der Waals surface area (Å²) in [4.78, 5) is 15.2. The minimum absolute atomic E-state index is 0.266. The Morgan fingerprint density at radius 2 is 1.89 bits per heavy atom. The van der Waals surface area contributed by atoms with Crippen molar-refractivity contribution in [3.63, 3.8) is 0 Å². The Bertz CT molecular complexity index is 567. The number of pyridine rings is 1. The zero-order valence-corrected chi connectivity index (χ0v) is 10.3.